The van der Waals surface area contributed by atoms with Gasteiger partial charge in [-0.2, -0.15) is 5.10 Å². The van der Waals surface area contributed by atoms with E-state index >= 15 is 0 Å². The molecular weight excluding hydrogens is 414 g/mol. The van der Waals surface area contributed by atoms with Gasteiger partial charge in [0, 0.05) is 17.6 Å². The van der Waals surface area contributed by atoms with E-state index in [1.54, 1.807) is 25.1 Å². The first-order chi connectivity index (χ1) is 15.0. The average Bonchev–Trinajstić information content (AvgIpc) is 3.07. The fraction of sp³-hybridized carbons (Fsp3) is 0.217. The molecule has 1 amide bonds. The molecule has 0 aliphatic rings. The van der Waals surface area contributed by atoms with Crippen molar-refractivity contribution < 1.29 is 4.79 Å². The van der Waals surface area contributed by atoms with E-state index in [-0.39, 0.29) is 18.0 Å². The van der Waals surface area contributed by atoms with E-state index in [1.165, 1.54) is 11.6 Å². The van der Waals surface area contributed by atoms with Crippen molar-refractivity contribution in [1.29, 1.82) is 0 Å². The SMILES string of the molecule is Cc1ccc(=O)n(CC(=O)Nc2nc3cc(Cl)ccc3n2CCCc2ccccc2)n1. The maximum Gasteiger partial charge on any atom is 0.267 e. The summed E-state index contributed by atoms with van der Waals surface area (Å²) in [6, 6.07) is 18.7. The third kappa shape index (κ3) is 5.00. The van der Waals surface area contributed by atoms with Crippen LogP contribution in [0.3, 0.4) is 0 Å². The van der Waals surface area contributed by atoms with Crippen LogP contribution in [0, 0.1) is 6.92 Å². The van der Waals surface area contributed by atoms with E-state index in [1.807, 2.05) is 28.8 Å². The van der Waals surface area contributed by atoms with E-state index in [9.17, 15) is 9.59 Å². The number of rotatable bonds is 7. The quantitative estimate of drug-likeness (QED) is 0.478. The van der Waals surface area contributed by atoms with Crippen LogP contribution in [0.1, 0.15) is 17.7 Å². The minimum absolute atomic E-state index is 0.186. The van der Waals surface area contributed by atoms with E-state index in [2.05, 4.69) is 27.5 Å². The van der Waals surface area contributed by atoms with Crippen molar-refractivity contribution in [2.75, 3.05) is 5.32 Å². The molecule has 0 aliphatic heterocycles. The molecular formula is C23H22ClN5O2. The third-order valence-electron chi connectivity index (χ3n) is 4.94. The lowest BCUT2D eigenvalue weighted by molar-refractivity contribution is -0.117. The third-order valence-corrected chi connectivity index (χ3v) is 5.18. The topological polar surface area (TPSA) is 81.8 Å². The largest absolute Gasteiger partial charge is 0.310 e. The molecule has 0 saturated heterocycles. The highest BCUT2D eigenvalue weighted by Gasteiger charge is 2.15. The van der Waals surface area contributed by atoms with Gasteiger partial charge in [-0.25, -0.2) is 9.67 Å². The second kappa shape index (κ2) is 9.14. The fourth-order valence-electron chi connectivity index (χ4n) is 3.48. The number of aromatic nitrogens is 4. The summed E-state index contributed by atoms with van der Waals surface area (Å²) in [4.78, 5) is 29.2. The van der Waals surface area contributed by atoms with E-state index in [0.717, 1.165) is 23.0 Å². The molecule has 2 aromatic carbocycles. The number of nitrogens with zero attached hydrogens (tertiary/aromatic N) is 4. The summed E-state index contributed by atoms with van der Waals surface area (Å²) in [5.74, 6) is 0.0574. The van der Waals surface area contributed by atoms with Crippen molar-refractivity contribution in [2.45, 2.75) is 32.9 Å². The van der Waals surface area contributed by atoms with Crippen molar-refractivity contribution in [3.05, 3.63) is 87.3 Å². The lowest BCUT2D eigenvalue weighted by atomic mass is 10.1. The normalized spacial score (nSPS) is 11.0. The van der Waals surface area contributed by atoms with E-state index in [0.29, 0.717) is 28.7 Å². The summed E-state index contributed by atoms with van der Waals surface area (Å²) in [5.41, 5.74) is 3.18. The van der Waals surface area contributed by atoms with Crippen molar-refractivity contribution in [1.82, 2.24) is 19.3 Å². The Morgan fingerprint density at radius 3 is 2.71 bits per heavy atom. The number of carbonyl (C=O) groups is 1. The lowest BCUT2D eigenvalue weighted by Crippen LogP contribution is -2.30. The number of carbonyl (C=O) groups excluding carboxylic acids is 1. The van der Waals surface area contributed by atoms with Gasteiger partial charge >= 0.3 is 0 Å². The van der Waals surface area contributed by atoms with Crippen LogP contribution in [-0.2, 0) is 24.3 Å². The lowest BCUT2D eigenvalue weighted by Gasteiger charge is -2.11. The second-order valence-corrected chi connectivity index (χ2v) is 7.76. The van der Waals surface area contributed by atoms with Crippen molar-refractivity contribution in [2.24, 2.45) is 0 Å². The molecule has 4 rings (SSSR count). The van der Waals surface area contributed by atoms with Gasteiger partial charge in [-0.3, -0.25) is 14.9 Å². The number of hydrogen-bond acceptors (Lipinski definition) is 4. The molecule has 0 spiro atoms. The summed E-state index contributed by atoms with van der Waals surface area (Å²) in [5, 5.41) is 7.52. The molecule has 4 aromatic rings. The molecule has 0 aliphatic carbocycles. The van der Waals surface area contributed by atoms with Crippen LogP contribution in [0.4, 0.5) is 5.95 Å². The second-order valence-electron chi connectivity index (χ2n) is 7.33. The smallest absolute Gasteiger partial charge is 0.267 e. The number of amides is 1. The van der Waals surface area contributed by atoms with Crippen molar-refractivity contribution in [3.63, 3.8) is 0 Å². The Labute approximate surface area is 184 Å². The summed E-state index contributed by atoms with van der Waals surface area (Å²) < 4.78 is 3.11. The summed E-state index contributed by atoms with van der Waals surface area (Å²) >= 11 is 6.13. The van der Waals surface area contributed by atoms with E-state index < -0.39 is 0 Å². The Bertz CT molecular complexity index is 1280. The van der Waals surface area contributed by atoms with Gasteiger partial charge in [0.15, 0.2) is 0 Å². The van der Waals surface area contributed by atoms with Gasteiger partial charge in [0.2, 0.25) is 11.9 Å². The Balaban J connectivity index is 1.55. The average molecular weight is 436 g/mol. The van der Waals surface area contributed by atoms with E-state index in [4.69, 9.17) is 11.6 Å². The van der Waals surface area contributed by atoms with Gasteiger partial charge < -0.3 is 4.57 Å². The highest BCUT2D eigenvalue weighted by molar-refractivity contribution is 6.31. The predicted octanol–water partition coefficient (Wildman–Crippen LogP) is 3.83. The Kier molecular flexibility index (Phi) is 6.13. The first-order valence-electron chi connectivity index (χ1n) is 10.0. The molecule has 8 heteroatoms. The van der Waals surface area contributed by atoms with Gasteiger partial charge in [-0.1, -0.05) is 41.9 Å². The minimum Gasteiger partial charge on any atom is -0.310 e. The van der Waals surface area contributed by atoms with Crippen LogP contribution in [0.2, 0.25) is 5.02 Å². The molecule has 0 saturated carbocycles. The first kappa shape index (κ1) is 20.8. The van der Waals surface area contributed by atoms with Crippen LogP contribution in [0.15, 0.2) is 65.5 Å². The number of benzene rings is 2. The van der Waals surface area contributed by atoms with Crippen LogP contribution >= 0.6 is 11.6 Å². The summed E-state index contributed by atoms with van der Waals surface area (Å²) in [7, 11) is 0. The van der Waals surface area contributed by atoms with Gasteiger partial charge in [0.1, 0.15) is 6.54 Å². The molecule has 7 nitrogen and oxygen atoms in total. The Morgan fingerprint density at radius 2 is 1.90 bits per heavy atom. The highest BCUT2D eigenvalue weighted by Crippen LogP contribution is 2.24. The first-order valence-corrected chi connectivity index (χ1v) is 10.4. The number of nitrogens with one attached hydrogen (secondary N) is 1. The predicted molar refractivity (Wildman–Crippen MR) is 121 cm³/mol. The molecule has 31 heavy (non-hydrogen) atoms. The molecule has 0 fully saturated rings. The summed E-state index contributed by atoms with van der Waals surface area (Å²) in [6.45, 7) is 2.25. The summed E-state index contributed by atoms with van der Waals surface area (Å²) in [6.07, 6.45) is 1.78. The number of aryl methyl sites for hydroxylation is 3. The van der Waals surface area contributed by atoms with Crippen LogP contribution < -0.4 is 10.9 Å². The molecule has 0 unspecified atom stereocenters. The van der Waals surface area contributed by atoms with Crippen molar-refractivity contribution >= 4 is 34.5 Å². The van der Waals surface area contributed by atoms with Crippen molar-refractivity contribution in [3.8, 4) is 0 Å². The standard InChI is InChI=1S/C23H22ClN5O2/c1-16-9-12-22(31)29(27-16)15-21(30)26-23-25-19-14-18(24)10-11-20(19)28(23)13-5-8-17-6-3-2-4-7-17/h2-4,6-7,9-12,14H,5,8,13,15H2,1H3,(H,25,26,30). The molecule has 2 heterocycles. The Hall–Kier alpha value is -3.45. The molecule has 158 valence electrons. The molecule has 2 aromatic heterocycles. The monoisotopic (exact) mass is 435 g/mol. The van der Waals surface area contributed by atoms with Gasteiger partial charge in [-0.15, -0.1) is 0 Å². The fourth-order valence-corrected chi connectivity index (χ4v) is 3.64. The highest BCUT2D eigenvalue weighted by atomic mass is 35.5. The van der Waals surface area contributed by atoms with Crippen LogP contribution in [0.25, 0.3) is 11.0 Å². The maximum atomic E-state index is 12.6. The van der Waals surface area contributed by atoms with Crippen LogP contribution in [-0.4, -0.2) is 25.2 Å². The molecule has 0 bridgehead atoms. The zero-order chi connectivity index (χ0) is 21.8. The van der Waals surface area contributed by atoms with Gasteiger partial charge in [0.05, 0.1) is 16.7 Å². The number of hydrogen-bond donors (Lipinski definition) is 1. The number of halogens is 1. The Morgan fingerprint density at radius 1 is 1.10 bits per heavy atom. The molecule has 1 N–H and O–H groups in total. The van der Waals surface area contributed by atoms with Crippen LogP contribution in [0.5, 0.6) is 0 Å². The zero-order valence-electron chi connectivity index (χ0n) is 17.1. The van der Waals surface area contributed by atoms with Gasteiger partial charge in [0.25, 0.3) is 5.56 Å². The molecule has 0 atom stereocenters. The minimum atomic E-state index is -0.370. The zero-order valence-corrected chi connectivity index (χ0v) is 17.8. The maximum absolute atomic E-state index is 12.6. The number of imidazole rings is 1. The van der Waals surface area contributed by atoms with Gasteiger partial charge in [-0.05, 0) is 49.6 Å². The number of fused-ring (bicyclic) bond motifs is 1. The molecule has 0 radical (unpaired) electrons. The number of anilines is 1.